The Balaban J connectivity index is 1.58. The minimum Gasteiger partial charge on any atom is -0.380 e. The molecule has 1 aromatic heterocycles. The Bertz CT molecular complexity index is 531. The summed E-state index contributed by atoms with van der Waals surface area (Å²) < 4.78 is 10.7. The van der Waals surface area contributed by atoms with E-state index in [1.54, 1.807) is 13.3 Å². The summed E-state index contributed by atoms with van der Waals surface area (Å²) in [5.41, 5.74) is 1.06. The third-order valence-electron chi connectivity index (χ3n) is 4.52. The third kappa shape index (κ3) is 3.80. The van der Waals surface area contributed by atoms with Crippen molar-refractivity contribution in [1.82, 2.24) is 9.88 Å². The van der Waals surface area contributed by atoms with Crippen molar-refractivity contribution >= 4 is 17.4 Å². The van der Waals surface area contributed by atoms with Gasteiger partial charge in [-0.15, -0.1) is 0 Å². The Kier molecular flexibility index (Phi) is 5.09. The minimum absolute atomic E-state index is 0.0290. The van der Waals surface area contributed by atoms with Gasteiger partial charge in [0.2, 0.25) is 5.91 Å². The quantitative estimate of drug-likeness (QED) is 0.875. The molecule has 0 aromatic carbocycles. The van der Waals surface area contributed by atoms with Crippen molar-refractivity contribution < 1.29 is 14.3 Å². The number of nitrogens with zero attached hydrogens (tertiary/aromatic N) is 3. The third-order valence-corrected chi connectivity index (χ3v) is 4.52. The van der Waals surface area contributed by atoms with Crippen LogP contribution in [0.2, 0.25) is 0 Å². The Morgan fingerprint density at radius 3 is 2.78 bits per heavy atom. The molecular formula is C16H24N4O3. The molecule has 2 aliphatic rings. The fourth-order valence-electron chi connectivity index (χ4n) is 3.11. The van der Waals surface area contributed by atoms with E-state index in [1.807, 2.05) is 24.1 Å². The van der Waals surface area contributed by atoms with Crippen LogP contribution in [0.1, 0.15) is 6.42 Å². The average molecular weight is 320 g/mol. The van der Waals surface area contributed by atoms with Crippen molar-refractivity contribution in [1.29, 1.82) is 0 Å². The molecule has 3 heterocycles. The van der Waals surface area contributed by atoms with Crippen LogP contribution in [0.25, 0.3) is 0 Å². The van der Waals surface area contributed by atoms with Crippen LogP contribution in [0.15, 0.2) is 18.3 Å². The first-order valence-electron chi connectivity index (χ1n) is 8.00. The number of rotatable bonds is 4. The highest BCUT2D eigenvalue weighted by Crippen LogP contribution is 2.20. The maximum absolute atomic E-state index is 12.4. The molecule has 0 saturated carbocycles. The minimum atomic E-state index is -0.166. The largest absolute Gasteiger partial charge is 0.380 e. The van der Waals surface area contributed by atoms with E-state index in [2.05, 4.69) is 15.2 Å². The molecule has 0 aliphatic carbocycles. The number of morpholine rings is 1. The summed E-state index contributed by atoms with van der Waals surface area (Å²) in [7, 11) is 3.63. The number of aromatic nitrogens is 1. The first-order chi connectivity index (χ1) is 11.2. The predicted molar refractivity (Wildman–Crippen MR) is 87.7 cm³/mol. The van der Waals surface area contributed by atoms with Gasteiger partial charge in [0.1, 0.15) is 5.82 Å². The molecule has 0 unspecified atom stereocenters. The van der Waals surface area contributed by atoms with Crippen molar-refractivity contribution in [2.45, 2.75) is 18.6 Å². The smallest absolute Gasteiger partial charge is 0.242 e. The van der Waals surface area contributed by atoms with Crippen LogP contribution >= 0.6 is 0 Å². The van der Waals surface area contributed by atoms with Crippen LogP contribution in [0, 0.1) is 0 Å². The Morgan fingerprint density at radius 1 is 1.39 bits per heavy atom. The van der Waals surface area contributed by atoms with E-state index in [0.29, 0.717) is 12.2 Å². The predicted octanol–water partition coefficient (Wildman–Crippen LogP) is 0.576. The standard InChI is InChI=1S/C16H24N4O3/c1-19-11-13(22-2)9-14(19)16(21)18-15-4-3-12(10-17-15)20-5-7-23-8-6-20/h3-4,10,13-14H,5-9,11H2,1-2H3,(H,17,18,21)/t13-,14-/m0/s1. The lowest BCUT2D eigenvalue weighted by atomic mass is 10.2. The number of nitrogens with one attached hydrogen (secondary N) is 1. The molecule has 2 atom stereocenters. The van der Waals surface area contributed by atoms with Gasteiger partial charge in [-0.25, -0.2) is 4.98 Å². The lowest BCUT2D eigenvalue weighted by molar-refractivity contribution is -0.120. The first kappa shape index (κ1) is 16.2. The summed E-state index contributed by atoms with van der Waals surface area (Å²) in [6.07, 6.45) is 2.63. The Labute approximate surface area is 136 Å². The van der Waals surface area contributed by atoms with Crippen LogP contribution in [0.4, 0.5) is 11.5 Å². The maximum atomic E-state index is 12.4. The van der Waals surface area contributed by atoms with Gasteiger partial charge in [-0.3, -0.25) is 9.69 Å². The van der Waals surface area contributed by atoms with Crippen LogP contribution in [0.5, 0.6) is 0 Å². The van der Waals surface area contributed by atoms with Crippen LogP contribution in [-0.2, 0) is 14.3 Å². The van der Waals surface area contributed by atoms with E-state index in [1.165, 1.54) is 0 Å². The summed E-state index contributed by atoms with van der Waals surface area (Å²) in [6, 6.07) is 3.68. The van der Waals surface area contributed by atoms with Crippen molar-refractivity contribution in [2.24, 2.45) is 0 Å². The van der Waals surface area contributed by atoms with Crippen LogP contribution in [0.3, 0.4) is 0 Å². The molecule has 2 saturated heterocycles. The van der Waals surface area contributed by atoms with Gasteiger partial charge in [0.15, 0.2) is 0 Å². The summed E-state index contributed by atoms with van der Waals surface area (Å²) in [6.45, 7) is 4.01. The van der Waals surface area contributed by atoms with Crippen LogP contribution in [-0.4, -0.2) is 74.9 Å². The number of anilines is 2. The Hall–Kier alpha value is -1.70. The normalized spacial score (nSPS) is 25.6. The van der Waals surface area contributed by atoms with Gasteiger partial charge in [0.05, 0.1) is 37.2 Å². The second kappa shape index (κ2) is 7.25. The lowest BCUT2D eigenvalue weighted by Gasteiger charge is -2.28. The monoisotopic (exact) mass is 320 g/mol. The maximum Gasteiger partial charge on any atom is 0.242 e. The van der Waals surface area contributed by atoms with Gasteiger partial charge in [-0.05, 0) is 25.6 Å². The highest BCUT2D eigenvalue weighted by molar-refractivity contribution is 5.94. The van der Waals surface area contributed by atoms with Gasteiger partial charge in [0.25, 0.3) is 0 Å². The van der Waals surface area contributed by atoms with E-state index < -0.39 is 0 Å². The zero-order valence-corrected chi connectivity index (χ0v) is 13.7. The molecule has 2 aliphatic heterocycles. The van der Waals surface area contributed by atoms with Crippen molar-refractivity contribution in [2.75, 3.05) is 57.2 Å². The van der Waals surface area contributed by atoms with Crippen molar-refractivity contribution in [3.8, 4) is 0 Å². The average Bonchev–Trinajstić information content (AvgIpc) is 2.97. The molecule has 0 spiro atoms. The van der Waals surface area contributed by atoms with Crippen LogP contribution < -0.4 is 10.2 Å². The molecule has 23 heavy (non-hydrogen) atoms. The lowest BCUT2D eigenvalue weighted by Crippen LogP contribution is -2.37. The number of ether oxygens (including phenoxy) is 2. The second-order valence-electron chi connectivity index (χ2n) is 6.04. The molecule has 126 valence electrons. The summed E-state index contributed by atoms with van der Waals surface area (Å²) in [4.78, 5) is 21.0. The molecule has 3 rings (SSSR count). The fourth-order valence-corrected chi connectivity index (χ4v) is 3.11. The summed E-state index contributed by atoms with van der Waals surface area (Å²) >= 11 is 0. The van der Waals surface area contributed by atoms with E-state index >= 15 is 0 Å². The molecule has 0 radical (unpaired) electrons. The van der Waals surface area contributed by atoms with Gasteiger partial charge >= 0.3 is 0 Å². The number of methoxy groups -OCH3 is 1. The number of likely N-dealkylation sites (tertiary alicyclic amines) is 1. The highest BCUT2D eigenvalue weighted by Gasteiger charge is 2.34. The molecule has 7 heteroatoms. The zero-order chi connectivity index (χ0) is 16.2. The molecule has 0 bridgehead atoms. The molecule has 1 amide bonds. The van der Waals surface area contributed by atoms with Crippen molar-refractivity contribution in [3.63, 3.8) is 0 Å². The molecule has 7 nitrogen and oxygen atoms in total. The Morgan fingerprint density at radius 2 is 2.17 bits per heavy atom. The highest BCUT2D eigenvalue weighted by atomic mass is 16.5. The first-order valence-corrected chi connectivity index (χ1v) is 8.00. The number of carbonyl (C=O) groups excluding carboxylic acids is 1. The number of hydrogen-bond donors (Lipinski definition) is 1. The zero-order valence-electron chi connectivity index (χ0n) is 13.7. The number of hydrogen-bond acceptors (Lipinski definition) is 6. The molecular weight excluding hydrogens is 296 g/mol. The van der Waals surface area contributed by atoms with E-state index in [9.17, 15) is 4.79 Å². The van der Waals surface area contributed by atoms with Gasteiger partial charge in [0, 0.05) is 26.7 Å². The van der Waals surface area contributed by atoms with E-state index in [4.69, 9.17) is 9.47 Å². The number of carbonyl (C=O) groups is 1. The number of amides is 1. The topological polar surface area (TPSA) is 66.9 Å². The van der Waals surface area contributed by atoms with Gasteiger partial charge in [-0.2, -0.15) is 0 Å². The molecule has 1 aromatic rings. The van der Waals surface area contributed by atoms with Gasteiger partial charge in [-0.1, -0.05) is 0 Å². The molecule has 2 fully saturated rings. The number of likely N-dealkylation sites (N-methyl/N-ethyl adjacent to an activating group) is 1. The van der Waals surface area contributed by atoms with E-state index in [-0.39, 0.29) is 18.1 Å². The molecule has 1 N–H and O–H groups in total. The van der Waals surface area contributed by atoms with Crippen molar-refractivity contribution in [3.05, 3.63) is 18.3 Å². The fraction of sp³-hybridized carbons (Fsp3) is 0.625. The number of pyridine rings is 1. The second-order valence-corrected chi connectivity index (χ2v) is 6.04. The summed E-state index contributed by atoms with van der Waals surface area (Å²) in [5, 5.41) is 2.90. The van der Waals surface area contributed by atoms with Gasteiger partial charge < -0.3 is 19.7 Å². The summed E-state index contributed by atoms with van der Waals surface area (Å²) in [5.74, 6) is 0.556. The SMILES string of the molecule is CO[C@H]1C[C@@H](C(=O)Nc2ccc(N3CCOCC3)cn2)N(C)C1. The van der Waals surface area contributed by atoms with E-state index in [0.717, 1.165) is 38.5 Å².